The molecule has 1 aromatic heterocycles. The molecule has 4 aromatic rings. The van der Waals surface area contributed by atoms with Crippen molar-refractivity contribution in [3.8, 4) is 0 Å². The maximum Gasteiger partial charge on any atom is 0.416 e. The normalized spacial score (nSPS) is 12.6. The van der Waals surface area contributed by atoms with Gasteiger partial charge in [-0.3, -0.25) is 9.44 Å². The fourth-order valence-corrected chi connectivity index (χ4v) is 5.62. The second kappa shape index (κ2) is 9.30. The number of nitrogens with one attached hydrogen (secondary N) is 2. The lowest BCUT2D eigenvalue weighted by Gasteiger charge is -2.16. The molecule has 7 nitrogen and oxygen atoms in total. The predicted molar refractivity (Wildman–Crippen MR) is 126 cm³/mol. The van der Waals surface area contributed by atoms with Crippen molar-refractivity contribution < 1.29 is 38.8 Å². The van der Waals surface area contributed by atoms with Crippen molar-refractivity contribution >= 4 is 54.0 Å². The van der Waals surface area contributed by atoms with Crippen molar-refractivity contribution in [2.24, 2.45) is 0 Å². The van der Waals surface area contributed by atoms with Gasteiger partial charge in [0.25, 0.3) is 20.0 Å². The van der Waals surface area contributed by atoms with E-state index in [0.717, 1.165) is 18.2 Å². The van der Waals surface area contributed by atoms with Crippen LogP contribution in [0.25, 0.3) is 11.0 Å². The molecule has 0 unspecified atom stereocenters. The molecule has 14 heteroatoms. The van der Waals surface area contributed by atoms with Crippen LogP contribution in [-0.4, -0.2) is 16.8 Å². The van der Waals surface area contributed by atoms with Crippen LogP contribution in [0.5, 0.6) is 0 Å². The number of halogens is 5. The molecular formula is C22H15ClF4N2O5S2. The SMILES string of the molecule is O=S(=O)(Nc1ccc(Cl)cc1NS(=O)(=O)c1cc2ccccc2o1)c1cc(CF)cc(C(F)(F)F)c1. The number of para-hydroxylation sites is 1. The van der Waals surface area contributed by atoms with Crippen LogP contribution in [0.3, 0.4) is 0 Å². The van der Waals surface area contributed by atoms with E-state index in [1.54, 1.807) is 24.3 Å². The number of hydrogen-bond donors (Lipinski definition) is 2. The third kappa shape index (κ3) is 5.42. The van der Waals surface area contributed by atoms with E-state index in [-0.39, 0.29) is 22.0 Å². The Hall–Kier alpha value is -3.29. The highest BCUT2D eigenvalue weighted by atomic mass is 35.5. The summed E-state index contributed by atoms with van der Waals surface area (Å²) in [6, 6.07) is 12.8. The van der Waals surface area contributed by atoms with Crippen LogP contribution in [0, 0.1) is 0 Å². The van der Waals surface area contributed by atoms with Gasteiger partial charge in [-0.15, -0.1) is 0 Å². The van der Waals surface area contributed by atoms with Crippen LogP contribution in [0.2, 0.25) is 5.02 Å². The molecule has 4 rings (SSSR count). The van der Waals surface area contributed by atoms with Crippen molar-refractivity contribution in [1.29, 1.82) is 0 Å². The summed E-state index contributed by atoms with van der Waals surface area (Å²) >= 11 is 5.95. The topological polar surface area (TPSA) is 105 Å². The maximum atomic E-state index is 13.2. The summed E-state index contributed by atoms with van der Waals surface area (Å²) in [5.41, 5.74) is -2.26. The van der Waals surface area contributed by atoms with Gasteiger partial charge in [-0.25, -0.2) is 12.8 Å². The quantitative estimate of drug-likeness (QED) is 0.262. The number of rotatable bonds is 7. The van der Waals surface area contributed by atoms with Crippen LogP contribution in [0.15, 0.2) is 81.1 Å². The Morgan fingerprint density at radius 2 is 1.53 bits per heavy atom. The van der Waals surface area contributed by atoms with E-state index in [0.29, 0.717) is 17.5 Å². The Morgan fingerprint density at radius 1 is 0.833 bits per heavy atom. The lowest BCUT2D eigenvalue weighted by Crippen LogP contribution is -2.18. The molecule has 0 aliphatic heterocycles. The summed E-state index contributed by atoms with van der Waals surface area (Å²) in [6.45, 7) is -1.34. The second-order valence-electron chi connectivity index (χ2n) is 7.50. The fraction of sp³-hybridized carbons (Fsp3) is 0.0909. The van der Waals surface area contributed by atoms with Crippen LogP contribution >= 0.6 is 11.6 Å². The van der Waals surface area contributed by atoms with Gasteiger partial charge in [0.05, 0.1) is 21.8 Å². The van der Waals surface area contributed by atoms with Gasteiger partial charge in [-0.1, -0.05) is 29.8 Å². The third-order valence-corrected chi connectivity index (χ3v) is 7.70. The van der Waals surface area contributed by atoms with Crippen molar-refractivity contribution in [1.82, 2.24) is 0 Å². The Balaban J connectivity index is 1.71. The minimum Gasteiger partial charge on any atom is -0.443 e. The van der Waals surface area contributed by atoms with Gasteiger partial charge < -0.3 is 4.42 Å². The largest absolute Gasteiger partial charge is 0.443 e. The molecule has 0 radical (unpaired) electrons. The molecule has 0 atom stereocenters. The summed E-state index contributed by atoms with van der Waals surface area (Å²) < 4.78 is 114. The van der Waals surface area contributed by atoms with Crippen molar-refractivity contribution in [3.05, 3.63) is 82.9 Å². The van der Waals surface area contributed by atoms with E-state index >= 15 is 0 Å². The van der Waals surface area contributed by atoms with E-state index in [1.165, 1.54) is 12.1 Å². The number of alkyl halides is 4. The van der Waals surface area contributed by atoms with E-state index in [9.17, 15) is 34.4 Å². The first-order chi connectivity index (χ1) is 16.8. The van der Waals surface area contributed by atoms with E-state index in [1.807, 2.05) is 4.72 Å². The lowest BCUT2D eigenvalue weighted by atomic mass is 10.1. The molecule has 1 heterocycles. The van der Waals surface area contributed by atoms with E-state index < -0.39 is 54.0 Å². The maximum absolute atomic E-state index is 13.2. The molecule has 3 aromatic carbocycles. The lowest BCUT2D eigenvalue weighted by molar-refractivity contribution is -0.137. The molecule has 190 valence electrons. The van der Waals surface area contributed by atoms with Gasteiger partial charge in [0.2, 0.25) is 5.09 Å². The summed E-state index contributed by atoms with van der Waals surface area (Å²) in [5.74, 6) is 0. The minimum atomic E-state index is -4.93. The van der Waals surface area contributed by atoms with E-state index in [2.05, 4.69) is 4.72 Å². The van der Waals surface area contributed by atoms with Crippen LogP contribution in [0.1, 0.15) is 11.1 Å². The first-order valence-electron chi connectivity index (χ1n) is 9.89. The van der Waals surface area contributed by atoms with Gasteiger partial charge >= 0.3 is 6.18 Å². The van der Waals surface area contributed by atoms with Gasteiger partial charge in [0, 0.05) is 16.5 Å². The Bertz CT molecular complexity index is 1640. The number of sulfonamides is 2. The van der Waals surface area contributed by atoms with Crippen LogP contribution in [0.4, 0.5) is 28.9 Å². The molecule has 36 heavy (non-hydrogen) atoms. The first kappa shape index (κ1) is 25.8. The Kier molecular flexibility index (Phi) is 6.66. The van der Waals surface area contributed by atoms with Crippen LogP contribution < -0.4 is 9.44 Å². The van der Waals surface area contributed by atoms with Gasteiger partial charge in [-0.05, 0) is 48.0 Å². The smallest absolute Gasteiger partial charge is 0.416 e. The van der Waals surface area contributed by atoms with Crippen molar-refractivity contribution in [3.63, 3.8) is 0 Å². The average molecular weight is 563 g/mol. The summed E-state index contributed by atoms with van der Waals surface area (Å²) in [4.78, 5) is -0.869. The zero-order valence-electron chi connectivity index (χ0n) is 17.8. The fourth-order valence-electron chi connectivity index (χ4n) is 3.24. The molecule has 0 amide bonds. The zero-order valence-corrected chi connectivity index (χ0v) is 20.2. The zero-order chi connectivity index (χ0) is 26.3. The molecular weight excluding hydrogens is 548 g/mol. The molecule has 0 saturated carbocycles. The number of furan rings is 1. The van der Waals surface area contributed by atoms with Gasteiger partial charge in [0.15, 0.2) is 0 Å². The number of benzene rings is 3. The monoisotopic (exact) mass is 562 g/mol. The van der Waals surface area contributed by atoms with Gasteiger partial charge in [-0.2, -0.15) is 21.6 Å². The molecule has 0 spiro atoms. The summed E-state index contributed by atoms with van der Waals surface area (Å²) in [7, 11) is -9.10. The molecule has 0 saturated heterocycles. The second-order valence-corrected chi connectivity index (χ2v) is 11.2. The highest BCUT2D eigenvalue weighted by molar-refractivity contribution is 7.93. The number of anilines is 2. The van der Waals surface area contributed by atoms with Gasteiger partial charge in [0.1, 0.15) is 12.3 Å². The standard InChI is InChI=1S/C22H15ClF4N2O5S2/c23-16-5-6-18(28-35(30,31)17-8-13(12-24)7-15(10-17)22(25,26)27)19(11-16)29-36(32,33)21-9-14-3-1-2-4-20(14)34-21/h1-11,28-29H,12H2. The Labute approximate surface area is 207 Å². The molecule has 0 fully saturated rings. The highest BCUT2D eigenvalue weighted by Crippen LogP contribution is 2.34. The third-order valence-electron chi connectivity index (χ3n) is 4.90. The highest BCUT2D eigenvalue weighted by Gasteiger charge is 2.33. The first-order valence-corrected chi connectivity index (χ1v) is 13.2. The van der Waals surface area contributed by atoms with Crippen molar-refractivity contribution in [2.45, 2.75) is 22.8 Å². The predicted octanol–water partition coefficient (Wildman–Crippen LogP) is 6.18. The molecule has 0 aliphatic carbocycles. The number of fused-ring (bicyclic) bond motifs is 1. The average Bonchev–Trinajstić information content (AvgIpc) is 3.25. The van der Waals surface area contributed by atoms with Crippen molar-refractivity contribution in [2.75, 3.05) is 9.44 Å². The number of hydrogen-bond acceptors (Lipinski definition) is 5. The van der Waals surface area contributed by atoms with E-state index in [4.69, 9.17) is 16.0 Å². The summed E-state index contributed by atoms with van der Waals surface area (Å²) in [5, 5.41) is 0.0556. The molecule has 2 N–H and O–H groups in total. The summed E-state index contributed by atoms with van der Waals surface area (Å²) in [6.07, 6.45) is -4.93. The van der Waals surface area contributed by atoms with Crippen LogP contribution in [-0.2, 0) is 32.9 Å². The molecule has 0 aliphatic rings. The molecule has 0 bridgehead atoms. The Morgan fingerprint density at radius 3 is 2.19 bits per heavy atom. The minimum absolute atomic E-state index is 0.0269.